The number of carbonyl (C=O) groups is 1. The molecule has 0 unspecified atom stereocenters. The molecule has 0 saturated heterocycles. The zero-order valence-electron chi connectivity index (χ0n) is 10.7. The summed E-state index contributed by atoms with van der Waals surface area (Å²) in [6.45, 7) is 4.46. The third-order valence-corrected chi connectivity index (χ3v) is 2.95. The number of imidazole rings is 1. The molecule has 0 atom stereocenters. The highest BCUT2D eigenvalue weighted by Gasteiger charge is 2.14. The molecular weight excluding hydrogens is 226 g/mol. The Balaban J connectivity index is 2.38. The van der Waals surface area contributed by atoms with Crippen molar-refractivity contribution in [2.24, 2.45) is 5.73 Å². The van der Waals surface area contributed by atoms with Crippen LogP contribution in [-0.4, -0.2) is 22.0 Å². The molecular formula is C14H17N3O. The minimum atomic E-state index is -0.0477. The second kappa shape index (κ2) is 5.14. The van der Waals surface area contributed by atoms with Gasteiger partial charge in [0.2, 0.25) is 0 Å². The maximum atomic E-state index is 12.4. The number of rotatable bonds is 3. The summed E-state index contributed by atoms with van der Waals surface area (Å²) >= 11 is 0. The molecule has 0 saturated carbocycles. The standard InChI is InChI=1S/C14H17N3O/c1-10-3-4-13(11(2)7-10)14(18)17-9-16-8-12(17)5-6-15/h3-4,7-9H,5-6,15H2,1-2H3. The van der Waals surface area contributed by atoms with Crippen LogP contribution < -0.4 is 5.73 Å². The Labute approximate surface area is 106 Å². The quantitative estimate of drug-likeness (QED) is 0.892. The molecule has 0 aliphatic carbocycles. The summed E-state index contributed by atoms with van der Waals surface area (Å²) in [4.78, 5) is 16.4. The van der Waals surface area contributed by atoms with Gasteiger partial charge in [-0.1, -0.05) is 17.7 Å². The Morgan fingerprint density at radius 1 is 1.39 bits per heavy atom. The summed E-state index contributed by atoms with van der Waals surface area (Å²) in [5.41, 5.74) is 9.21. The second-order valence-corrected chi connectivity index (χ2v) is 4.42. The molecule has 1 heterocycles. The number of hydrogen-bond donors (Lipinski definition) is 1. The van der Waals surface area contributed by atoms with Crippen LogP contribution in [0, 0.1) is 13.8 Å². The van der Waals surface area contributed by atoms with Gasteiger partial charge in [0.05, 0.1) is 0 Å². The first-order valence-electron chi connectivity index (χ1n) is 5.96. The molecule has 94 valence electrons. The van der Waals surface area contributed by atoms with Crippen LogP contribution in [0.5, 0.6) is 0 Å². The largest absolute Gasteiger partial charge is 0.330 e. The van der Waals surface area contributed by atoms with Crippen LogP contribution in [0.1, 0.15) is 27.2 Å². The van der Waals surface area contributed by atoms with Crippen LogP contribution >= 0.6 is 0 Å². The van der Waals surface area contributed by atoms with Crippen molar-refractivity contribution in [2.45, 2.75) is 20.3 Å². The summed E-state index contributed by atoms with van der Waals surface area (Å²) in [7, 11) is 0. The van der Waals surface area contributed by atoms with Crippen LogP contribution in [-0.2, 0) is 6.42 Å². The van der Waals surface area contributed by atoms with E-state index in [1.165, 1.54) is 0 Å². The number of aryl methyl sites for hydroxylation is 2. The third kappa shape index (κ3) is 2.33. The van der Waals surface area contributed by atoms with Crippen molar-refractivity contribution < 1.29 is 4.79 Å². The highest BCUT2D eigenvalue weighted by molar-refractivity contribution is 5.97. The summed E-state index contributed by atoms with van der Waals surface area (Å²) in [6.07, 6.45) is 3.89. The number of carbonyl (C=O) groups excluding carboxylic acids is 1. The minimum Gasteiger partial charge on any atom is -0.330 e. The molecule has 0 spiro atoms. The molecule has 18 heavy (non-hydrogen) atoms. The maximum Gasteiger partial charge on any atom is 0.263 e. The van der Waals surface area contributed by atoms with Crippen molar-refractivity contribution in [3.8, 4) is 0 Å². The normalized spacial score (nSPS) is 10.6. The molecule has 0 amide bonds. The first-order valence-corrected chi connectivity index (χ1v) is 5.96. The molecule has 4 nitrogen and oxygen atoms in total. The lowest BCUT2D eigenvalue weighted by Gasteiger charge is -2.09. The SMILES string of the molecule is Cc1ccc(C(=O)n2cncc2CCN)c(C)c1. The highest BCUT2D eigenvalue weighted by Crippen LogP contribution is 2.13. The van der Waals surface area contributed by atoms with Gasteiger partial charge in [-0.15, -0.1) is 0 Å². The number of benzene rings is 1. The van der Waals surface area contributed by atoms with Crippen molar-refractivity contribution in [1.29, 1.82) is 0 Å². The predicted octanol–water partition coefficient (Wildman–Crippen LogP) is 1.69. The van der Waals surface area contributed by atoms with Crippen molar-refractivity contribution in [3.05, 3.63) is 53.1 Å². The van der Waals surface area contributed by atoms with Crippen molar-refractivity contribution in [3.63, 3.8) is 0 Å². The molecule has 0 aliphatic rings. The molecule has 1 aromatic carbocycles. The molecule has 0 bridgehead atoms. The monoisotopic (exact) mass is 243 g/mol. The Kier molecular flexibility index (Phi) is 3.58. The minimum absolute atomic E-state index is 0.0477. The van der Waals surface area contributed by atoms with Crippen LogP contribution in [0.25, 0.3) is 0 Å². The highest BCUT2D eigenvalue weighted by atomic mass is 16.2. The lowest BCUT2D eigenvalue weighted by Crippen LogP contribution is -2.17. The van der Waals surface area contributed by atoms with E-state index in [0.29, 0.717) is 18.5 Å². The van der Waals surface area contributed by atoms with E-state index < -0.39 is 0 Å². The Morgan fingerprint density at radius 2 is 2.17 bits per heavy atom. The van der Waals surface area contributed by atoms with Crippen LogP contribution in [0.2, 0.25) is 0 Å². The average Bonchev–Trinajstić information content (AvgIpc) is 2.77. The fourth-order valence-electron chi connectivity index (χ4n) is 2.02. The molecule has 4 heteroatoms. The number of aromatic nitrogens is 2. The van der Waals surface area contributed by atoms with Gasteiger partial charge in [0.15, 0.2) is 0 Å². The van der Waals surface area contributed by atoms with E-state index in [9.17, 15) is 4.79 Å². The van der Waals surface area contributed by atoms with E-state index in [0.717, 1.165) is 16.8 Å². The van der Waals surface area contributed by atoms with Gasteiger partial charge in [0.1, 0.15) is 6.33 Å². The number of nitrogens with zero attached hydrogens (tertiary/aromatic N) is 2. The average molecular weight is 243 g/mol. The van der Waals surface area contributed by atoms with E-state index in [-0.39, 0.29) is 5.91 Å². The lowest BCUT2D eigenvalue weighted by molar-refractivity contribution is 0.0956. The van der Waals surface area contributed by atoms with Crippen molar-refractivity contribution in [1.82, 2.24) is 9.55 Å². The van der Waals surface area contributed by atoms with Gasteiger partial charge < -0.3 is 5.73 Å². The molecule has 0 aliphatic heterocycles. The fraction of sp³-hybridized carbons (Fsp3) is 0.286. The van der Waals surface area contributed by atoms with E-state index in [4.69, 9.17) is 5.73 Å². The smallest absolute Gasteiger partial charge is 0.263 e. The first-order chi connectivity index (χ1) is 8.63. The lowest BCUT2D eigenvalue weighted by atomic mass is 10.1. The van der Waals surface area contributed by atoms with E-state index >= 15 is 0 Å². The van der Waals surface area contributed by atoms with Gasteiger partial charge in [0, 0.05) is 23.9 Å². The number of hydrogen-bond acceptors (Lipinski definition) is 3. The molecule has 0 radical (unpaired) electrons. The van der Waals surface area contributed by atoms with Gasteiger partial charge in [-0.25, -0.2) is 4.98 Å². The summed E-state index contributed by atoms with van der Waals surface area (Å²) in [5.74, 6) is -0.0477. The van der Waals surface area contributed by atoms with E-state index in [1.54, 1.807) is 17.1 Å². The van der Waals surface area contributed by atoms with Crippen LogP contribution in [0.4, 0.5) is 0 Å². The van der Waals surface area contributed by atoms with Crippen LogP contribution in [0.3, 0.4) is 0 Å². The topological polar surface area (TPSA) is 60.9 Å². The fourth-order valence-corrected chi connectivity index (χ4v) is 2.02. The molecule has 2 rings (SSSR count). The molecule has 2 aromatic rings. The van der Waals surface area contributed by atoms with Gasteiger partial charge in [0.25, 0.3) is 5.91 Å². The van der Waals surface area contributed by atoms with E-state index in [2.05, 4.69) is 4.98 Å². The third-order valence-electron chi connectivity index (χ3n) is 2.95. The molecule has 0 fully saturated rings. The van der Waals surface area contributed by atoms with Gasteiger partial charge in [-0.3, -0.25) is 9.36 Å². The van der Waals surface area contributed by atoms with Gasteiger partial charge >= 0.3 is 0 Å². The Bertz CT molecular complexity index is 572. The van der Waals surface area contributed by atoms with Crippen molar-refractivity contribution in [2.75, 3.05) is 6.54 Å². The predicted molar refractivity (Wildman–Crippen MR) is 70.6 cm³/mol. The summed E-state index contributed by atoms with van der Waals surface area (Å²) < 4.78 is 1.57. The first kappa shape index (κ1) is 12.5. The second-order valence-electron chi connectivity index (χ2n) is 4.42. The molecule has 1 aromatic heterocycles. The van der Waals surface area contributed by atoms with Crippen molar-refractivity contribution >= 4 is 5.91 Å². The Hall–Kier alpha value is -1.94. The van der Waals surface area contributed by atoms with Crippen LogP contribution in [0.15, 0.2) is 30.7 Å². The Morgan fingerprint density at radius 3 is 2.83 bits per heavy atom. The van der Waals surface area contributed by atoms with Gasteiger partial charge in [-0.05, 0) is 32.0 Å². The number of nitrogens with two attached hydrogens (primary N) is 1. The zero-order chi connectivity index (χ0) is 13.1. The van der Waals surface area contributed by atoms with E-state index in [1.807, 2.05) is 32.0 Å². The summed E-state index contributed by atoms with van der Waals surface area (Å²) in [5, 5.41) is 0. The molecule has 2 N–H and O–H groups in total. The summed E-state index contributed by atoms with van der Waals surface area (Å²) in [6, 6.07) is 5.81. The maximum absolute atomic E-state index is 12.4. The zero-order valence-corrected chi connectivity index (χ0v) is 10.7. The van der Waals surface area contributed by atoms with Gasteiger partial charge in [-0.2, -0.15) is 0 Å².